The van der Waals surface area contributed by atoms with E-state index in [1.807, 2.05) is 0 Å². The van der Waals surface area contributed by atoms with Crippen LogP contribution in [0.15, 0.2) is 24.3 Å². The summed E-state index contributed by atoms with van der Waals surface area (Å²) >= 11 is 0. The van der Waals surface area contributed by atoms with E-state index < -0.39 is 4.92 Å². The average molecular weight is 347 g/mol. The molecule has 136 valence electrons. The molecule has 7 heteroatoms. The first kappa shape index (κ1) is 17.8. The molecule has 2 aliphatic rings. The lowest BCUT2D eigenvalue weighted by Gasteiger charge is -2.41. The molecule has 1 aromatic rings. The minimum Gasteiger partial charge on any atom is -0.391 e. The molecule has 1 saturated carbocycles. The first-order chi connectivity index (χ1) is 12.0. The number of non-ortho nitro benzene ring substituents is 1. The number of piperidine rings is 1. The minimum atomic E-state index is -0.495. The van der Waals surface area contributed by atoms with E-state index in [1.54, 1.807) is 6.07 Å². The molecular weight excluding hydrogens is 322 g/mol. The second kappa shape index (κ2) is 7.93. The third-order valence-corrected chi connectivity index (χ3v) is 5.35. The fourth-order valence-corrected chi connectivity index (χ4v) is 3.92. The van der Waals surface area contributed by atoms with Crippen molar-refractivity contribution in [3.63, 3.8) is 0 Å². The smallest absolute Gasteiger partial charge is 0.270 e. The van der Waals surface area contributed by atoms with E-state index in [2.05, 4.69) is 10.2 Å². The van der Waals surface area contributed by atoms with E-state index >= 15 is 0 Å². The van der Waals surface area contributed by atoms with Crippen molar-refractivity contribution in [2.45, 2.75) is 56.7 Å². The Balaban J connectivity index is 1.52. The highest BCUT2D eigenvalue weighted by Crippen LogP contribution is 2.26. The Kier molecular flexibility index (Phi) is 5.65. The number of likely N-dealkylation sites (tertiary alicyclic amines) is 1. The number of carbonyl (C=O) groups excluding carboxylic acids is 1. The van der Waals surface area contributed by atoms with Crippen LogP contribution in [0.1, 0.15) is 48.9 Å². The molecular formula is C18H25N3O4. The van der Waals surface area contributed by atoms with Crippen LogP contribution in [-0.2, 0) is 0 Å². The quantitative estimate of drug-likeness (QED) is 0.642. The van der Waals surface area contributed by atoms with Gasteiger partial charge < -0.3 is 10.4 Å². The molecule has 0 aromatic heterocycles. The predicted octanol–water partition coefficient (Wildman–Crippen LogP) is 2.09. The molecule has 2 fully saturated rings. The fraction of sp³-hybridized carbons (Fsp3) is 0.611. The second-order valence-corrected chi connectivity index (χ2v) is 7.01. The molecule has 1 aliphatic carbocycles. The Morgan fingerprint density at radius 1 is 1.20 bits per heavy atom. The Labute approximate surface area is 147 Å². The summed E-state index contributed by atoms with van der Waals surface area (Å²) in [7, 11) is 0. The maximum absolute atomic E-state index is 12.3. The largest absolute Gasteiger partial charge is 0.391 e. The zero-order valence-corrected chi connectivity index (χ0v) is 14.3. The lowest BCUT2D eigenvalue weighted by Crippen LogP contribution is -2.52. The van der Waals surface area contributed by atoms with Gasteiger partial charge in [-0.1, -0.05) is 18.9 Å². The normalized spacial score (nSPS) is 25.5. The van der Waals surface area contributed by atoms with E-state index in [1.165, 1.54) is 24.6 Å². The molecule has 1 amide bonds. The Hall–Kier alpha value is -1.99. The zero-order chi connectivity index (χ0) is 17.8. The van der Waals surface area contributed by atoms with Gasteiger partial charge in [-0.25, -0.2) is 0 Å². The number of amides is 1. The van der Waals surface area contributed by atoms with Gasteiger partial charge in [-0.05, 0) is 31.7 Å². The maximum Gasteiger partial charge on any atom is 0.270 e. The minimum absolute atomic E-state index is 0.0729. The molecule has 1 saturated heterocycles. The monoisotopic (exact) mass is 347 g/mol. The fourth-order valence-electron chi connectivity index (χ4n) is 3.92. The number of nitrogens with one attached hydrogen (secondary N) is 1. The van der Waals surface area contributed by atoms with Crippen LogP contribution in [0, 0.1) is 10.1 Å². The van der Waals surface area contributed by atoms with Crippen LogP contribution in [0.2, 0.25) is 0 Å². The number of rotatable bonds is 4. The number of nitro benzene ring substituents is 1. The third kappa shape index (κ3) is 4.35. The van der Waals surface area contributed by atoms with Crippen LogP contribution in [0.4, 0.5) is 5.69 Å². The van der Waals surface area contributed by atoms with Gasteiger partial charge in [-0.15, -0.1) is 0 Å². The van der Waals surface area contributed by atoms with Gasteiger partial charge in [0.05, 0.1) is 11.0 Å². The van der Waals surface area contributed by atoms with Gasteiger partial charge in [-0.3, -0.25) is 19.8 Å². The highest BCUT2D eigenvalue weighted by Gasteiger charge is 2.31. The number of carbonyl (C=O) groups is 1. The summed E-state index contributed by atoms with van der Waals surface area (Å²) in [5.41, 5.74) is 0.244. The molecule has 0 spiro atoms. The van der Waals surface area contributed by atoms with Crippen LogP contribution >= 0.6 is 0 Å². The Morgan fingerprint density at radius 3 is 2.60 bits per heavy atom. The van der Waals surface area contributed by atoms with Crippen molar-refractivity contribution in [2.75, 3.05) is 13.1 Å². The molecule has 2 N–H and O–H groups in total. The SMILES string of the molecule is O=C(NC1CCN(C2CCCCC2O)CC1)c1cccc([N+](=O)[O-])c1. The van der Waals surface area contributed by atoms with Crippen molar-refractivity contribution in [3.05, 3.63) is 39.9 Å². The van der Waals surface area contributed by atoms with E-state index in [0.717, 1.165) is 45.2 Å². The van der Waals surface area contributed by atoms with Gasteiger partial charge in [0.15, 0.2) is 0 Å². The zero-order valence-electron chi connectivity index (χ0n) is 14.3. The number of benzene rings is 1. The van der Waals surface area contributed by atoms with Crippen molar-refractivity contribution in [2.24, 2.45) is 0 Å². The summed E-state index contributed by atoms with van der Waals surface area (Å²) in [6, 6.07) is 6.13. The van der Waals surface area contributed by atoms with Gasteiger partial charge in [-0.2, -0.15) is 0 Å². The second-order valence-electron chi connectivity index (χ2n) is 7.01. The standard InChI is InChI=1S/C18H25N3O4/c22-17-7-2-1-6-16(17)20-10-8-14(9-11-20)19-18(23)13-4-3-5-15(12-13)21(24)25/h3-5,12,14,16-17,22H,1-2,6-11H2,(H,19,23). The molecule has 1 aliphatic heterocycles. The van der Waals surface area contributed by atoms with Crippen molar-refractivity contribution in [3.8, 4) is 0 Å². The summed E-state index contributed by atoms with van der Waals surface area (Å²) < 4.78 is 0. The van der Waals surface area contributed by atoms with E-state index in [0.29, 0.717) is 5.56 Å². The van der Waals surface area contributed by atoms with Gasteiger partial charge in [0.25, 0.3) is 11.6 Å². The Morgan fingerprint density at radius 2 is 1.92 bits per heavy atom. The summed E-state index contributed by atoms with van der Waals surface area (Å²) in [6.45, 7) is 1.73. The number of hydrogen-bond acceptors (Lipinski definition) is 5. The number of aliphatic hydroxyl groups excluding tert-OH is 1. The van der Waals surface area contributed by atoms with Gasteiger partial charge in [0.1, 0.15) is 0 Å². The lowest BCUT2D eigenvalue weighted by molar-refractivity contribution is -0.384. The number of nitrogens with zero attached hydrogens (tertiary/aromatic N) is 2. The van der Waals surface area contributed by atoms with Crippen LogP contribution < -0.4 is 5.32 Å². The summed E-state index contributed by atoms with van der Waals surface area (Å²) in [6.07, 6.45) is 5.65. The first-order valence-electron chi connectivity index (χ1n) is 9.02. The molecule has 0 bridgehead atoms. The predicted molar refractivity (Wildman–Crippen MR) is 93.4 cm³/mol. The highest BCUT2D eigenvalue weighted by molar-refractivity contribution is 5.95. The summed E-state index contributed by atoms with van der Waals surface area (Å²) in [5.74, 6) is -0.264. The number of nitro groups is 1. The van der Waals surface area contributed by atoms with Crippen molar-refractivity contribution in [1.82, 2.24) is 10.2 Å². The topological polar surface area (TPSA) is 95.7 Å². The first-order valence-corrected chi connectivity index (χ1v) is 9.02. The molecule has 25 heavy (non-hydrogen) atoms. The van der Waals surface area contributed by atoms with Crippen molar-refractivity contribution >= 4 is 11.6 Å². The van der Waals surface area contributed by atoms with Crippen LogP contribution in [0.5, 0.6) is 0 Å². The molecule has 2 atom stereocenters. The van der Waals surface area contributed by atoms with Crippen LogP contribution in [0.3, 0.4) is 0 Å². The Bertz CT molecular complexity index is 629. The number of hydrogen-bond donors (Lipinski definition) is 2. The van der Waals surface area contributed by atoms with E-state index in [9.17, 15) is 20.0 Å². The van der Waals surface area contributed by atoms with Crippen molar-refractivity contribution in [1.29, 1.82) is 0 Å². The lowest BCUT2D eigenvalue weighted by atomic mass is 9.89. The van der Waals surface area contributed by atoms with Gasteiger partial charge in [0.2, 0.25) is 0 Å². The van der Waals surface area contributed by atoms with E-state index in [4.69, 9.17) is 0 Å². The maximum atomic E-state index is 12.3. The molecule has 7 nitrogen and oxygen atoms in total. The van der Waals surface area contributed by atoms with E-state index in [-0.39, 0.29) is 29.8 Å². The third-order valence-electron chi connectivity index (χ3n) is 5.35. The molecule has 1 heterocycles. The van der Waals surface area contributed by atoms with Gasteiger partial charge in [0, 0.05) is 42.9 Å². The van der Waals surface area contributed by atoms with Crippen LogP contribution in [-0.4, -0.2) is 52.1 Å². The van der Waals surface area contributed by atoms with Gasteiger partial charge >= 0.3 is 0 Å². The highest BCUT2D eigenvalue weighted by atomic mass is 16.6. The summed E-state index contributed by atoms with van der Waals surface area (Å²) in [4.78, 5) is 25.0. The van der Waals surface area contributed by atoms with Crippen LogP contribution in [0.25, 0.3) is 0 Å². The molecule has 3 rings (SSSR count). The summed E-state index contributed by atoms with van der Waals surface area (Å²) in [5, 5.41) is 24.0. The average Bonchev–Trinajstić information content (AvgIpc) is 2.63. The molecule has 2 unspecified atom stereocenters. The molecule has 0 radical (unpaired) electrons. The molecule has 1 aromatic carbocycles. The van der Waals surface area contributed by atoms with Crippen molar-refractivity contribution < 1.29 is 14.8 Å². The number of aliphatic hydroxyl groups is 1.